The third-order valence-corrected chi connectivity index (χ3v) is 4.87. The van der Waals surface area contributed by atoms with Crippen LogP contribution in [0.5, 0.6) is 0 Å². The minimum atomic E-state index is 0.318. The van der Waals surface area contributed by atoms with Crippen LogP contribution >= 0.6 is 0 Å². The first-order valence-electron chi connectivity index (χ1n) is 6.35. The molecule has 1 atom stereocenters. The van der Waals surface area contributed by atoms with Gasteiger partial charge in [-0.25, -0.2) is 0 Å². The van der Waals surface area contributed by atoms with Crippen molar-refractivity contribution in [2.45, 2.75) is 45.8 Å². The average molecular weight is 244 g/mol. The molecule has 17 heavy (non-hydrogen) atoms. The third-order valence-electron chi connectivity index (χ3n) is 3.28. The molecule has 2 rings (SSSR count). The van der Waals surface area contributed by atoms with Gasteiger partial charge in [0.05, 0.1) is 0 Å². The van der Waals surface area contributed by atoms with E-state index in [0.717, 1.165) is 6.42 Å². The first kappa shape index (κ1) is 12.6. The molecule has 1 aromatic rings. The number of benzene rings is 1. The zero-order valence-corrected chi connectivity index (χ0v) is 12.1. The van der Waals surface area contributed by atoms with Gasteiger partial charge in [0.1, 0.15) is 0 Å². The van der Waals surface area contributed by atoms with Gasteiger partial charge in [0.25, 0.3) is 0 Å². The van der Waals surface area contributed by atoms with Crippen LogP contribution in [0.15, 0.2) is 29.8 Å². The summed E-state index contributed by atoms with van der Waals surface area (Å²) in [7, 11) is 0.545. The van der Waals surface area contributed by atoms with Crippen molar-refractivity contribution in [3.63, 3.8) is 0 Å². The van der Waals surface area contributed by atoms with Gasteiger partial charge in [-0.05, 0) is 43.9 Å². The summed E-state index contributed by atoms with van der Waals surface area (Å²) in [5, 5.41) is 0. The van der Waals surface area contributed by atoms with Crippen LogP contribution in [0.25, 0.3) is 5.57 Å². The monoisotopic (exact) mass is 244 g/mol. The SMILES string of the molecule is CCC1=C(C)C([Si]OC(C)C)c2ccccc21. The molecule has 1 aliphatic carbocycles. The van der Waals surface area contributed by atoms with Crippen LogP contribution in [0.4, 0.5) is 0 Å². The summed E-state index contributed by atoms with van der Waals surface area (Å²) >= 11 is 0. The van der Waals surface area contributed by atoms with Gasteiger partial charge in [-0.1, -0.05) is 36.8 Å². The summed E-state index contributed by atoms with van der Waals surface area (Å²) in [4.78, 5) is 0. The molecule has 90 valence electrons. The van der Waals surface area contributed by atoms with Gasteiger partial charge >= 0.3 is 0 Å². The Kier molecular flexibility index (Phi) is 3.85. The Labute approximate surface area is 107 Å². The minimum Gasteiger partial charge on any atom is -0.414 e. The molecule has 0 aliphatic heterocycles. The number of hydrogen-bond acceptors (Lipinski definition) is 1. The molecular weight excluding hydrogens is 224 g/mol. The Bertz CT molecular complexity index is 434. The van der Waals surface area contributed by atoms with Crippen LogP contribution in [0, 0.1) is 0 Å². The fraction of sp³-hybridized carbons (Fsp3) is 0.467. The molecule has 1 aliphatic rings. The van der Waals surface area contributed by atoms with E-state index in [1.165, 1.54) is 22.3 Å². The first-order valence-corrected chi connectivity index (χ1v) is 7.33. The molecule has 0 saturated heterocycles. The standard InChI is InChI=1S/C15H20OSi/c1-5-12-11(4)15(17-16-10(2)3)14-9-7-6-8-13(12)14/h6-10,15H,5H2,1-4H3. The van der Waals surface area contributed by atoms with Gasteiger partial charge in [-0.3, -0.25) is 0 Å². The van der Waals surface area contributed by atoms with Crippen molar-refractivity contribution in [1.82, 2.24) is 0 Å². The highest BCUT2D eigenvalue weighted by Gasteiger charge is 2.28. The smallest absolute Gasteiger partial charge is 0.242 e. The van der Waals surface area contributed by atoms with E-state index in [4.69, 9.17) is 4.43 Å². The highest BCUT2D eigenvalue weighted by Crippen LogP contribution is 2.42. The lowest BCUT2D eigenvalue weighted by Crippen LogP contribution is -2.15. The molecule has 0 heterocycles. The third kappa shape index (κ3) is 2.38. The molecule has 2 radical (unpaired) electrons. The van der Waals surface area contributed by atoms with E-state index < -0.39 is 0 Å². The minimum absolute atomic E-state index is 0.318. The lowest BCUT2D eigenvalue weighted by atomic mass is 10.0. The van der Waals surface area contributed by atoms with E-state index in [1.807, 2.05) is 0 Å². The van der Waals surface area contributed by atoms with Gasteiger partial charge in [0.2, 0.25) is 9.76 Å². The van der Waals surface area contributed by atoms with Gasteiger partial charge < -0.3 is 4.43 Å². The van der Waals surface area contributed by atoms with Crippen LogP contribution in [0.1, 0.15) is 50.8 Å². The largest absolute Gasteiger partial charge is 0.414 e. The highest BCUT2D eigenvalue weighted by molar-refractivity contribution is 6.32. The summed E-state index contributed by atoms with van der Waals surface area (Å²) < 4.78 is 5.84. The van der Waals surface area contributed by atoms with Crippen LogP contribution < -0.4 is 0 Å². The van der Waals surface area contributed by atoms with Crippen molar-refractivity contribution in [3.05, 3.63) is 41.0 Å². The number of allylic oxidation sites excluding steroid dienone is 2. The molecule has 0 N–H and O–H groups in total. The second kappa shape index (κ2) is 5.19. The predicted molar refractivity (Wildman–Crippen MR) is 74.0 cm³/mol. The molecule has 1 unspecified atom stereocenters. The van der Waals surface area contributed by atoms with Crippen molar-refractivity contribution in [3.8, 4) is 0 Å². The summed E-state index contributed by atoms with van der Waals surface area (Å²) in [6.07, 6.45) is 1.44. The Hall–Kier alpha value is -0.863. The summed E-state index contributed by atoms with van der Waals surface area (Å²) in [5.41, 5.74) is 6.42. The quantitative estimate of drug-likeness (QED) is 0.728. The normalized spacial score (nSPS) is 19.0. The molecule has 0 bridgehead atoms. The molecule has 1 aromatic carbocycles. The fourth-order valence-electron chi connectivity index (χ4n) is 2.47. The molecular formula is C15H20OSi. The Balaban J connectivity index is 2.30. The summed E-state index contributed by atoms with van der Waals surface area (Å²) in [5.74, 6) is 0. The van der Waals surface area contributed by atoms with E-state index in [0.29, 0.717) is 21.4 Å². The van der Waals surface area contributed by atoms with Gasteiger partial charge in [0.15, 0.2) is 0 Å². The zero-order chi connectivity index (χ0) is 12.4. The van der Waals surface area contributed by atoms with E-state index >= 15 is 0 Å². The Morgan fingerprint density at radius 1 is 1.29 bits per heavy atom. The van der Waals surface area contributed by atoms with Crippen molar-refractivity contribution in [1.29, 1.82) is 0 Å². The van der Waals surface area contributed by atoms with Crippen LogP contribution in [-0.2, 0) is 4.43 Å². The molecule has 0 amide bonds. The zero-order valence-electron chi connectivity index (χ0n) is 11.1. The van der Waals surface area contributed by atoms with E-state index in [1.54, 1.807) is 0 Å². The lowest BCUT2D eigenvalue weighted by Gasteiger charge is -2.14. The molecule has 2 heteroatoms. The van der Waals surface area contributed by atoms with Gasteiger partial charge in [0, 0.05) is 11.6 Å². The van der Waals surface area contributed by atoms with E-state index in [-0.39, 0.29) is 0 Å². The first-order chi connectivity index (χ1) is 8.15. The fourth-order valence-corrected chi connectivity index (χ4v) is 3.61. The van der Waals surface area contributed by atoms with Gasteiger partial charge in [-0.15, -0.1) is 0 Å². The maximum absolute atomic E-state index is 5.84. The number of fused-ring (bicyclic) bond motifs is 1. The average Bonchev–Trinajstić information content (AvgIpc) is 2.58. The molecule has 1 nitrogen and oxygen atoms in total. The Morgan fingerprint density at radius 3 is 2.65 bits per heavy atom. The van der Waals surface area contributed by atoms with E-state index in [9.17, 15) is 0 Å². The maximum Gasteiger partial charge on any atom is 0.242 e. The Morgan fingerprint density at radius 2 is 2.00 bits per heavy atom. The number of rotatable bonds is 4. The van der Waals surface area contributed by atoms with Crippen molar-refractivity contribution >= 4 is 15.3 Å². The van der Waals surface area contributed by atoms with Crippen molar-refractivity contribution in [2.24, 2.45) is 0 Å². The lowest BCUT2D eigenvalue weighted by molar-refractivity contribution is 0.253. The van der Waals surface area contributed by atoms with E-state index in [2.05, 4.69) is 52.0 Å². The van der Waals surface area contributed by atoms with Crippen LogP contribution in [0.3, 0.4) is 0 Å². The molecule has 0 spiro atoms. The predicted octanol–water partition coefficient (Wildman–Crippen LogP) is 3.97. The van der Waals surface area contributed by atoms with Crippen LogP contribution in [-0.4, -0.2) is 15.9 Å². The highest BCUT2D eigenvalue weighted by atomic mass is 28.2. The molecule has 0 saturated carbocycles. The number of hydrogen-bond donors (Lipinski definition) is 0. The second-order valence-corrected chi connectivity index (χ2v) is 5.87. The molecule has 0 aromatic heterocycles. The summed E-state index contributed by atoms with van der Waals surface area (Å²) in [6.45, 7) is 8.71. The topological polar surface area (TPSA) is 9.23 Å². The second-order valence-electron chi connectivity index (χ2n) is 4.82. The maximum atomic E-state index is 5.84. The van der Waals surface area contributed by atoms with Gasteiger partial charge in [-0.2, -0.15) is 0 Å². The summed E-state index contributed by atoms with van der Waals surface area (Å²) in [6, 6.07) is 8.77. The van der Waals surface area contributed by atoms with Crippen molar-refractivity contribution < 1.29 is 4.43 Å². The molecule has 0 fully saturated rings. The van der Waals surface area contributed by atoms with Crippen molar-refractivity contribution in [2.75, 3.05) is 0 Å². The van der Waals surface area contributed by atoms with Crippen LogP contribution in [0.2, 0.25) is 0 Å².